The van der Waals surface area contributed by atoms with Gasteiger partial charge in [0.05, 0.1) is 42.9 Å². The van der Waals surface area contributed by atoms with E-state index in [0.717, 1.165) is 9.80 Å². The number of rotatable bonds is 26. The highest BCUT2D eigenvalue weighted by Gasteiger charge is 2.31. The second-order valence-electron chi connectivity index (χ2n) is 13.9. The molecule has 4 rings (SSSR count). The molecule has 0 radical (unpaired) electrons. The van der Waals surface area contributed by atoms with Gasteiger partial charge in [0.15, 0.2) is 5.43 Å². The first-order valence-corrected chi connectivity index (χ1v) is 18.7. The summed E-state index contributed by atoms with van der Waals surface area (Å²) >= 11 is 0. The summed E-state index contributed by atoms with van der Waals surface area (Å²) in [6.45, 7) is -3.38. The molecule has 0 saturated carbocycles. The Morgan fingerprint density at radius 2 is 1.10 bits per heavy atom. The normalized spacial score (nSPS) is 12.4. The van der Waals surface area contributed by atoms with E-state index in [1.807, 2.05) is 0 Å². The van der Waals surface area contributed by atoms with Crippen LogP contribution in [0.4, 0.5) is 0 Å². The number of benzene rings is 3. The van der Waals surface area contributed by atoms with Gasteiger partial charge in [-0.25, -0.2) is 4.79 Å². The van der Waals surface area contributed by atoms with Crippen molar-refractivity contribution in [2.24, 2.45) is 0 Å². The summed E-state index contributed by atoms with van der Waals surface area (Å²) in [6.07, 6.45) is -0.0618. The molecule has 0 bridgehead atoms. The molecular weight excluding hydrogens is 808 g/mol. The maximum absolute atomic E-state index is 13.5. The number of aliphatic carboxylic acids is 6. The number of phenols is 1. The first-order valence-electron chi connectivity index (χ1n) is 18.7. The summed E-state index contributed by atoms with van der Waals surface area (Å²) in [7, 11) is 0. The highest BCUT2D eigenvalue weighted by Crippen LogP contribution is 2.44. The van der Waals surface area contributed by atoms with Crippen molar-refractivity contribution < 1.29 is 78.8 Å². The lowest BCUT2D eigenvalue weighted by Crippen LogP contribution is -2.46. The Kier molecular flexibility index (Phi) is 16.4. The zero-order chi connectivity index (χ0) is 45.0. The minimum atomic E-state index is -1.44. The van der Waals surface area contributed by atoms with E-state index in [9.17, 15) is 79.2 Å². The lowest BCUT2D eigenvalue weighted by atomic mass is 9.88. The van der Waals surface area contributed by atoms with Gasteiger partial charge in [0.1, 0.15) is 29.2 Å². The molecule has 21 nitrogen and oxygen atoms in total. The Balaban J connectivity index is 1.68. The molecular formula is C40H44N4O17. The SMILES string of the molecule is O=C(O)CN(CC(=O)O)C(CCCNCc1c2oc3c(CNCCCC(C(=O)O)N(CC(=O)O)CC(=O)O)c(O)ccc3c(-c3ccccc3C(=O)O)c-2ccc1=O)C(=O)O. The van der Waals surface area contributed by atoms with E-state index < -0.39 is 85.5 Å². The molecule has 61 heavy (non-hydrogen) atoms. The van der Waals surface area contributed by atoms with Crippen LogP contribution in [0.3, 0.4) is 0 Å². The molecule has 10 N–H and O–H groups in total. The monoisotopic (exact) mass is 852 g/mol. The molecule has 2 atom stereocenters. The van der Waals surface area contributed by atoms with Gasteiger partial charge in [-0.1, -0.05) is 18.2 Å². The number of nitrogens with zero attached hydrogens (tertiary/aromatic N) is 2. The number of hydrogen-bond donors (Lipinski definition) is 10. The van der Waals surface area contributed by atoms with E-state index in [1.165, 1.54) is 36.4 Å². The van der Waals surface area contributed by atoms with Gasteiger partial charge in [-0.15, -0.1) is 0 Å². The van der Waals surface area contributed by atoms with E-state index in [0.29, 0.717) is 16.5 Å². The third kappa shape index (κ3) is 12.3. The molecule has 0 aromatic heterocycles. The van der Waals surface area contributed by atoms with Crippen LogP contribution >= 0.6 is 0 Å². The molecule has 2 unspecified atom stereocenters. The molecule has 0 amide bonds. The molecule has 326 valence electrons. The van der Waals surface area contributed by atoms with Crippen molar-refractivity contribution in [3.8, 4) is 28.2 Å². The zero-order valence-corrected chi connectivity index (χ0v) is 32.4. The van der Waals surface area contributed by atoms with Crippen LogP contribution in [0, 0.1) is 0 Å². The Morgan fingerprint density at radius 1 is 0.607 bits per heavy atom. The van der Waals surface area contributed by atoms with Gasteiger partial charge in [-0.3, -0.25) is 43.4 Å². The summed E-state index contributed by atoms with van der Waals surface area (Å²) in [5, 5.41) is 84.0. The summed E-state index contributed by atoms with van der Waals surface area (Å²) < 4.78 is 6.42. The predicted octanol–water partition coefficient (Wildman–Crippen LogP) is 1.56. The van der Waals surface area contributed by atoms with Crippen LogP contribution in [0.15, 0.2) is 57.7 Å². The van der Waals surface area contributed by atoms with Crippen LogP contribution in [-0.4, -0.2) is 144 Å². The van der Waals surface area contributed by atoms with Crippen LogP contribution in [0.25, 0.3) is 33.4 Å². The first-order chi connectivity index (χ1) is 28.9. The number of fused-ring (bicyclic) bond motifs is 2. The summed E-state index contributed by atoms with van der Waals surface area (Å²) in [5.74, 6) is -9.98. The van der Waals surface area contributed by atoms with E-state index in [1.54, 1.807) is 12.1 Å². The highest BCUT2D eigenvalue weighted by molar-refractivity contribution is 6.08. The summed E-state index contributed by atoms with van der Waals surface area (Å²) in [6, 6.07) is 8.86. The number of carboxylic acids is 7. The molecule has 2 aliphatic rings. The molecule has 1 aliphatic heterocycles. The van der Waals surface area contributed by atoms with Crippen LogP contribution in [0.1, 0.15) is 47.2 Å². The second-order valence-corrected chi connectivity index (χ2v) is 13.9. The maximum atomic E-state index is 13.5. The maximum Gasteiger partial charge on any atom is 0.336 e. The Labute approximate surface area is 345 Å². The van der Waals surface area contributed by atoms with Gasteiger partial charge < -0.3 is 55.9 Å². The minimum absolute atomic E-state index is 0.0216. The molecule has 21 heteroatoms. The molecule has 1 heterocycles. The quantitative estimate of drug-likeness (QED) is 0.0316. The number of carbonyl (C=O) groups is 7. The largest absolute Gasteiger partial charge is 0.507 e. The standard InChI is InChI=1S/C40H44N4O17/c45-29-11-9-23-35(21-5-1-2-6-22(21)38(55)56)24-10-12-30(46)26(16-42-14-4-8-28(40(59)60)44(19-33(51)52)20-34(53)54)37(24)61-36(23)25(29)15-41-13-3-7-27(39(57)58)43(17-31(47)48)18-32(49)50/h1-2,5-6,9-12,27-28,41-42,45H,3-4,7-8,13-20H2,(H,47,48)(H,49,50)(H,51,52)(H,53,54)(H,55,56)(H,57,58)(H,59,60). The van der Waals surface area contributed by atoms with E-state index in [2.05, 4.69) is 10.6 Å². The van der Waals surface area contributed by atoms with Gasteiger partial charge in [-0.05, 0) is 74.7 Å². The number of aromatic hydroxyl groups is 1. The lowest BCUT2D eigenvalue weighted by Gasteiger charge is -2.25. The highest BCUT2D eigenvalue weighted by atomic mass is 16.4. The first kappa shape index (κ1) is 46.7. The fourth-order valence-corrected chi connectivity index (χ4v) is 7.06. The zero-order valence-electron chi connectivity index (χ0n) is 32.4. The van der Waals surface area contributed by atoms with Gasteiger partial charge >= 0.3 is 41.8 Å². The second kappa shape index (κ2) is 21.4. The van der Waals surface area contributed by atoms with Crippen molar-refractivity contribution >= 4 is 52.8 Å². The van der Waals surface area contributed by atoms with E-state index in [4.69, 9.17) is 4.42 Å². The number of phenolic OH excluding ortho intramolecular Hbond substituents is 1. The topological polar surface area (TPSA) is 342 Å². The van der Waals surface area contributed by atoms with Gasteiger partial charge in [-0.2, -0.15) is 0 Å². The van der Waals surface area contributed by atoms with Crippen molar-refractivity contribution in [3.05, 3.63) is 75.4 Å². The number of nitrogens with one attached hydrogen (secondary N) is 2. The third-order valence-electron chi connectivity index (χ3n) is 9.69. The number of carboxylic acid groups (broad SMARTS) is 7. The van der Waals surface area contributed by atoms with Crippen LogP contribution < -0.4 is 16.1 Å². The lowest BCUT2D eigenvalue weighted by molar-refractivity contribution is -0.152. The summed E-state index contributed by atoms with van der Waals surface area (Å²) in [4.78, 5) is 96.7. The third-order valence-corrected chi connectivity index (χ3v) is 9.69. The van der Waals surface area contributed by atoms with Crippen molar-refractivity contribution in [3.63, 3.8) is 0 Å². The van der Waals surface area contributed by atoms with Gasteiger partial charge in [0, 0.05) is 29.6 Å². The van der Waals surface area contributed by atoms with E-state index in [-0.39, 0.29) is 91.2 Å². The van der Waals surface area contributed by atoms with E-state index >= 15 is 0 Å². The average molecular weight is 853 g/mol. The molecule has 2 aromatic carbocycles. The van der Waals surface area contributed by atoms with Gasteiger partial charge in [0.2, 0.25) is 0 Å². The number of aromatic carboxylic acids is 1. The molecule has 2 aromatic rings. The van der Waals surface area contributed by atoms with Crippen molar-refractivity contribution in [1.82, 2.24) is 20.4 Å². The van der Waals surface area contributed by atoms with Crippen molar-refractivity contribution in [1.29, 1.82) is 0 Å². The van der Waals surface area contributed by atoms with Crippen LogP contribution in [0.2, 0.25) is 0 Å². The van der Waals surface area contributed by atoms with Crippen molar-refractivity contribution in [2.75, 3.05) is 39.3 Å². The Bertz CT molecular complexity index is 2290. The van der Waals surface area contributed by atoms with Crippen LogP contribution in [-0.2, 0) is 41.9 Å². The van der Waals surface area contributed by atoms with Crippen LogP contribution in [0.5, 0.6) is 5.75 Å². The smallest absolute Gasteiger partial charge is 0.336 e. The average Bonchev–Trinajstić information content (AvgIpc) is 3.16. The van der Waals surface area contributed by atoms with Gasteiger partial charge in [0.25, 0.3) is 0 Å². The molecule has 0 spiro atoms. The molecule has 1 aliphatic carbocycles. The predicted molar refractivity (Wildman–Crippen MR) is 212 cm³/mol. The van der Waals surface area contributed by atoms with Crippen molar-refractivity contribution in [2.45, 2.75) is 50.9 Å². The Morgan fingerprint density at radius 3 is 1.57 bits per heavy atom. The number of hydrogen-bond acceptors (Lipinski definition) is 14. The molecule has 0 fully saturated rings. The minimum Gasteiger partial charge on any atom is -0.507 e. The fourth-order valence-electron chi connectivity index (χ4n) is 7.06. The molecule has 0 saturated heterocycles. The fraction of sp³-hybridized carbons (Fsp3) is 0.350. The summed E-state index contributed by atoms with van der Waals surface area (Å²) in [5.41, 5.74) is 0.654. The Hall–Kier alpha value is -6.94.